The van der Waals surface area contributed by atoms with Crippen LogP contribution in [-0.4, -0.2) is 35.6 Å². The molecule has 0 spiro atoms. The van der Waals surface area contributed by atoms with Crippen LogP contribution in [0.15, 0.2) is 0 Å². The van der Waals surface area contributed by atoms with Gasteiger partial charge in [-0.25, -0.2) is 0 Å². The molecule has 19 heavy (non-hydrogen) atoms. The van der Waals surface area contributed by atoms with Gasteiger partial charge in [0.05, 0.1) is 11.3 Å². The molecule has 1 unspecified atom stereocenters. The summed E-state index contributed by atoms with van der Waals surface area (Å²) in [6.45, 7) is 2.02. The van der Waals surface area contributed by atoms with Crippen LogP contribution < -0.4 is 5.32 Å². The molecule has 0 radical (unpaired) electrons. The van der Waals surface area contributed by atoms with E-state index >= 15 is 0 Å². The quantitative estimate of drug-likeness (QED) is 0.903. The van der Waals surface area contributed by atoms with E-state index in [9.17, 15) is 0 Å². The summed E-state index contributed by atoms with van der Waals surface area (Å²) in [5.41, 5.74) is 2.09. The average molecular weight is 286 g/mol. The summed E-state index contributed by atoms with van der Waals surface area (Å²) in [5, 5.41) is 8.55. The highest BCUT2D eigenvalue weighted by atomic mass is 35.5. The number of methoxy groups -OCH3 is 1. The Morgan fingerprint density at radius 1 is 1.47 bits per heavy atom. The Morgan fingerprint density at radius 3 is 2.53 bits per heavy atom. The summed E-state index contributed by atoms with van der Waals surface area (Å²) in [6.07, 6.45) is 5.58. The Hall–Kier alpha value is -0.580. The second kappa shape index (κ2) is 5.81. The molecule has 1 aromatic rings. The fourth-order valence-electron chi connectivity index (χ4n) is 3.33. The van der Waals surface area contributed by atoms with Gasteiger partial charge >= 0.3 is 0 Å². The van der Waals surface area contributed by atoms with Crippen LogP contribution in [0.5, 0.6) is 0 Å². The van der Waals surface area contributed by atoms with Gasteiger partial charge in [-0.05, 0) is 33.2 Å². The van der Waals surface area contributed by atoms with Crippen LogP contribution in [-0.2, 0) is 18.2 Å². The Kier molecular flexibility index (Phi) is 4.54. The highest BCUT2D eigenvalue weighted by Crippen LogP contribution is 2.37. The minimum Gasteiger partial charge on any atom is -0.377 e. The number of aryl methyl sites for hydroxylation is 2. The van der Waals surface area contributed by atoms with Gasteiger partial charge in [-0.3, -0.25) is 4.68 Å². The molecule has 1 heterocycles. The normalized spacial score (nSPS) is 19.8. The van der Waals surface area contributed by atoms with Crippen molar-refractivity contribution in [3.05, 3.63) is 16.4 Å². The smallest absolute Gasteiger partial charge is 0.130 e. The van der Waals surface area contributed by atoms with Crippen molar-refractivity contribution in [2.45, 2.75) is 50.7 Å². The van der Waals surface area contributed by atoms with E-state index in [0.29, 0.717) is 0 Å². The third-order valence-electron chi connectivity index (χ3n) is 4.52. The lowest BCUT2D eigenvalue weighted by Gasteiger charge is -2.36. The maximum atomic E-state index is 6.34. The first-order valence-corrected chi connectivity index (χ1v) is 7.32. The Labute approximate surface area is 120 Å². The molecule has 0 aliphatic heterocycles. The van der Waals surface area contributed by atoms with Gasteiger partial charge in [-0.1, -0.05) is 24.4 Å². The number of hydrogen-bond donors (Lipinski definition) is 1. The van der Waals surface area contributed by atoms with Crippen LogP contribution in [0.2, 0.25) is 5.15 Å². The third-order valence-corrected chi connectivity index (χ3v) is 4.99. The molecule has 1 aliphatic carbocycles. The number of rotatable bonds is 5. The lowest BCUT2D eigenvalue weighted by atomic mass is 9.87. The van der Waals surface area contributed by atoms with Crippen LogP contribution in [0.25, 0.3) is 0 Å². The predicted octanol–water partition coefficient (Wildman–Crippen LogP) is 2.47. The highest BCUT2D eigenvalue weighted by molar-refractivity contribution is 6.30. The van der Waals surface area contributed by atoms with E-state index in [4.69, 9.17) is 16.3 Å². The van der Waals surface area contributed by atoms with Gasteiger partial charge in [-0.2, -0.15) is 5.10 Å². The van der Waals surface area contributed by atoms with Crippen LogP contribution in [0, 0.1) is 6.92 Å². The highest BCUT2D eigenvalue weighted by Gasteiger charge is 2.41. The molecule has 4 nitrogen and oxygen atoms in total. The predicted molar refractivity (Wildman–Crippen MR) is 77.7 cm³/mol. The summed E-state index contributed by atoms with van der Waals surface area (Å²) in [4.78, 5) is 0. The van der Waals surface area contributed by atoms with Gasteiger partial charge in [0.25, 0.3) is 0 Å². The first-order chi connectivity index (χ1) is 9.04. The Bertz CT molecular complexity index is 438. The first kappa shape index (κ1) is 14.8. The average Bonchev–Trinajstić information content (AvgIpc) is 2.96. The van der Waals surface area contributed by atoms with Crippen molar-refractivity contribution in [1.29, 1.82) is 0 Å². The van der Waals surface area contributed by atoms with Gasteiger partial charge in [0, 0.05) is 25.8 Å². The molecule has 0 amide bonds. The molecule has 1 atom stereocenters. The molecule has 1 aliphatic rings. The van der Waals surface area contributed by atoms with Crippen molar-refractivity contribution in [3.63, 3.8) is 0 Å². The van der Waals surface area contributed by atoms with E-state index in [1.807, 2.05) is 28.1 Å². The summed E-state index contributed by atoms with van der Waals surface area (Å²) in [6, 6.07) is 0.278. The first-order valence-electron chi connectivity index (χ1n) is 6.94. The molecular formula is C14H24ClN3O. The maximum Gasteiger partial charge on any atom is 0.130 e. The Balaban J connectivity index is 2.23. The molecule has 0 aromatic carbocycles. The van der Waals surface area contributed by atoms with E-state index < -0.39 is 0 Å². The number of halogens is 1. The second-order valence-corrected chi connectivity index (χ2v) is 5.86. The lowest BCUT2D eigenvalue weighted by Crippen LogP contribution is -2.50. The van der Waals surface area contributed by atoms with Crippen molar-refractivity contribution >= 4 is 11.6 Å². The molecule has 1 fully saturated rings. The summed E-state index contributed by atoms with van der Waals surface area (Å²) in [5.74, 6) is 0. The van der Waals surface area contributed by atoms with Crippen LogP contribution in [0.1, 0.15) is 36.9 Å². The number of nitrogens with zero attached hydrogens (tertiary/aromatic N) is 2. The second-order valence-electron chi connectivity index (χ2n) is 5.50. The minimum atomic E-state index is -0.0552. The van der Waals surface area contributed by atoms with Gasteiger partial charge in [0.15, 0.2) is 0 Å². The fourth-order valence-corrected chi connectivity index (χ4v) is 3.58. The number of likely N-dealkylation sites (N-methyl/N-ethyl adjacent to an activating group) is 1. The van der Waals surface area contributed by atoms with E-state index in [0.717, 1.165) is 35.7 Å². The molecule has 5 heteroatoms. The Morgan fingerprint density at radius 2 is 2.11 bits per heavy atom. The molecule has 1 N–H and O–H groups in total. The molecule has 1 aromatic heterocycles. The van der Waals surface area contributed by atoms with Crippen molar-refractivity contribution < 1.29 is 4.74 Å². The molecule has 0 bridgehead atoms. The SMILES string of the molecule is CNC(Cc1c(C)nn(C)c1Cl)C1(OC)CCCC1. The van der Waals surface area contributed by atoms with E-state index in [1.54, 1.807) is 4.68 Å². The largest absolute Gasteiger partial charge is 0.377 e. The number of ether oxygens (including phenoxy) is 1. The monoisotopic (exact) mass is 285 g/mol. The van der Waals surface area contributed by atoms with Gasteiger partial charge < -0.3 is 10.1 Å². The number of nitrogens with one attached hydrogen (secondary N) is 1. The third kappa shape index (κ3) is 2.67. The van der Waals surface area contributed by atoms with Crippen molar-refractivity contribution in [1.82, 2.24) is 15.1 Å². The minimum absolute atomic E-state index is 0.0552. The summed E-state index contributed by atoms with van der Waals surface area (Å²) in [7, 11) is 5.71. The van der Waals surface area contributed by atoms with Crippen molar-refractivity contribution in [2.24, 2.45) is 7.05 Å². The summed E-state index contributed by atoms with van der Waals surface area (Å²) < 4.78 is 7.62. The van der Waals surface area contributed by atoms with E-state index in [-0.39, 0.29) is 11.6 Å². The fraction of sp³-hybridized carbons (Fsp3) is 0.786. The van der Waals surface area contributed by atoms with Crippen molar-refractivity contribution in [2.75, 3.05) is 14.2 Å². The zero-order valence-corrected chi connectivity index (χ0v) is 13.0. The maximum absolute atomic E-state index is 6.34. The van der Waals surface area contributed by atoms with E-state index in [2.05, 4.69) is 10.4 Å². The van der Waals surface area contributed by atoms with Gasteiger partial charge in [-0.15, -0.1) is 0 Å². The van der Waals surface area contributed by atoms with E-state index in [1.165, 1.54) is 12.8 Å². The zero-order valence-electron chi connectivity index (χ0n) is 12.3. The molecule has 108 valence electrons. The zero-order chi connectivity index (χ0) is 14.0. The van der Waals surface area contributed by atoms with Crippen LogP contribution in [0.3, 0.4) is 0 Å². The topological polar surface area (TPSA) is 39.1 Å². The van der Waals surface area contributed by atoms with Crippen LogP contribution in [0.4, 0.5) is 0 Å². The van der Waals surface area contributed by atoms with Gasteiger partial charge in [0.1, 0.15) is 5.15 Å². The molecule has 2 rings (SSSR count). The number of aromatic nitrogens is 2. The van der Waals surface area contributed by atoms with Gasteiger partial charge in [0.2, 0.25) is 0 Å². The van der Waals surface area contributed by atoms with Crippen LogP contribution >= 0.6 is 11.6 Å². The van der Waals surface area contributed by atoms with Crippen molar-refractivity contribution in [3.8, 4) is 0 Å². The number of hydrogen-bond acceptors (Lipinski definition) is 3. The lowest BCUT2D eigenvalue weighted by molar-refractivity contribution is -0.0336. The molecular weight excluding hydrogens is 262 g/mol. The molecule has 0 saturated heterocycles. The molecule has 1 saturated carbocycles. The standard InChI is InChI=1S/C14H24ClN3O/c1-10-11(13(15)18(3)17-10)9-12(16-2)14(19-4)7-5-6-8-14/h12,16H,5-9H2,1-4H3. The summed E-state index contributed by atoms with van der Waals surface area (Å²) >= 11 is 6.34.